The van der Waals surface area contributed by atoms with Crippen molar-refractivity contribution in [2.45, 2.75) is 23.5 Å². The molecule has 10 nitrogen and oxygen atoms in total. The van der Waals surface area contributed by atoms with E-state index in [1.54, 1.807) is 24.3 Å². The quantitative estimate of drug-likeness (QED) is 0.289. The molecule has 0 radical (unpaired) electrons. The smallest absolute Gasteiger partial charge is 0.334 e. The fourth-order valence-corrected chi connectivity index (χ4v) is 7.39. The van der Waals surface area contributed by atoms with Crippen LogP contribution >= 0.6 is 22.9 Å². The predicted molar refractivity (Wildman–Crippen MR) is 152 cm³/mol. The van der Waals surface area contributed by atoms with Crippen LogP contribution in [0.3, 0.4) is 0 Å². The van der Waals surface area contributed by atoms with Gasteiger partial charge in [0.05, 0.1) is 15.2 Å². The van der Waals surface area contributed by atoms with E-state index in [0.717, 1.165) is 47.8 Å². The van der Waals surface area contributed by atoms with E-state index in [1.807, 2.05) is 0 Å². The number of sulfone groups is 1. The van der Waals surface area contributed by atoms with E-state index in [4.69, 9.17) is 11.6 Å². The number of halogens is 1. The first-order valence-corrected chi connectivity index (χ1v) is 15.2. The Kier molecular flexibility index (Phi) is 7.98. The van der Waals surface area contributed by atoms with Crippen molar-refractivity contribution in [3.63, 3.8) is 0 Å². The van der Waals surface area contributed by atoms with Gasteiger partial charge in [-0.3, -0.25) is 9.59 Å². The number of nitrogens with zero attached hydrogens (tertiary/aromatic N) is 3. The summed E-state index contributed by atoms with van der Waals surface area (Å²) < 4.78 is 26.1. The van der Waals surface area contributed by atoms with Crippen LogP contribution in [0.5, 0.6) is 0 Å². The molecule has 0 unspecified atom stereocenters. The summed E-state index contributed by atoms with van der Waals surface area (Å²) in [6.45, 7) is 3.93. The number of hydrogen-bond acceptors (Lipinski definition) is 9. The Bertz CT molecular complexity index is 1740. The molecule has 13 heteroatoms. The van der Waals surface area contributed by atoms with Crippen LogP contribution in [0.2, 0.25) is 4.34 Å². The number of thiophene rings is 1. The Morgan fingerprint density at radius 2 is 1.90 bits per heavy atom. The van der Waals surface area contributed by atoms with Gasteiger partial charge in [-0.1, -0.05) is 17.7 Å². The van der Waals surface area contributed by atoms with E-state index >= 15 is 0 Å². The van der Waals surface area contributed by atoms with Gasteiger partial charge in [0.15, 0.2) is 15.6 Å². The predicted octanol–water partition coefficient (Wildman–Crippen LogP) is 2.88. The summed E-state index contributed by atoms with van der Waals surface area (Å²) in [5.74, 6) is -1.09. The first-order chi connectivity index (χ1) is 18.7. The number of carbonyl (C=O) groups excluding carboxylic acids is 1. The third kappa shape index (κ3) is 6.30. The molecule has 0 spiro atoms. The molecule has 5 rings (SSSR count). The topological polar surface area (TPSA) is 134 Å². The standard InChI is InChI=1S/C26H26ClN5O5S2/c27-22-6-8-24(38-22)39(36,37)16-19(33)13-17-3-7-23(29-15-17)32-25(34)20-5-4-18(14-21(20)30-26(32)35)28-9-12-31-10-1-2-11-31/h3-8,14-15,28H,1-2,9-13,16H2,(H,30,35). The maximum Gasteiger partial charge on any atom is 0.334 e. The lowest BCUT2D eigenvalue weighted by molar-refractivity contribution is -0.116. The highest BCUT2D eigenvalue weighted by Gasteiger charge is 2.22. The molecule has 0 atom stereocenters. The Morgan fingerprint density at radius 3 is 2.59 bits per heavy atom. The van der Waals surface area contributed by atoms with Crippen LogP contribution in [0.4, 0.5) is 5.69 Å². The van der Waals surface area contributed by atoms with Crippen LogP contribution in [-0.2, 0) is 21.1 Å². The van der Waals surface area contributed by atoms with Gasteiger partial charge < -0.3 is 15.2 Å². The van der Waals surface area contributed by atoms with Crippen molar-refractivity contribution in [3.05, 3.63) is 79.4 Å². The first-order valence-electron chi connectivity index (χ1n) is 12.4. The van der Waals surface area contributed by atoms with Crippen LogP contribution in [0.25, 0.3) is 16.7 Å². The molecule has 0 saturated carbocycles. The third-order valence-electron chi connectivity index (χ3n) is 6.50. The third-order valence-corrected chi connectivity index (χ3v) is 9.99. The van der Waals surface area contributed by atoms with Gasteiger partial charge >= 0.3 is 5.69 Å². The summed E-state index contributed by atoms with van der Waals surface area (Å²) in [6.07, 6.45) is 3.65. The Labute approximate surface area is 233 Å². The lowest BCUT2D eigenvalue weighted by Crippen LogP contribution is -2.34. The van der Waals surface area contributed by atoms with Crippen molar-refractivity contribution in [2.24, 2.45) is 0 Å². The molecule has 1 aliphatic heterocycles. The second-order valence-corrected chi connectivity index (χ2v) is 13.3. The van der Waals surface area contributed by atoms with E-state index in [0.29, 0.717) is 20.8 Å². The van der Waals surface area contributed by atoms with E-state index in [2.05, 4.69) is 20.2 Å². The molecule has 0 aliphatic carbocycles. The van der Waals surface area contributed by atoms with Crippen LogP contribution in [0.1, 0.15) is 18.4 Å². The average Bonchev–Trinajstić information content (AvgIpc) is 3.57. The number of aromatic nitrogens is 3. The maximum absolute atomic E-state index is 13.2. The zero-order valence-corrected chi connectivity index (χ0v) is 23.2. The number of nitrogens with one attached hydrogen (secondary N) is 2. The summed E-state index contributed by atoms with van der Waals surface area (Å²) in [6, 6.07) is 11.0. The first kappa shape index (κ1) is 27.3. The zero-order valence-electron chi connectivity index (χ0n) is 20.9. The summed E-state index contributed by atoms with van der Waals surface area (Å²) in [5.41, 5.74) is 0.528. The molecular formula is C26H26ClN5O5S2. The molecular weight excluding hydrogens is 562 g/mol. The number of H-pyrrole nitrogens is 1. The lowest BCUT2D eigenvalue weighted by Gasteiger charge is -2.15. The fraction of sp³-hybridized carbons (Fsp3) is 0.308. The number of aromatic amines is 1. The van der Waals surface area contributed by atoms with Gasteiger partial charge in [0.25, 0.3) is 5.56 Å². The number of Topliss-reactive ketones (excluding diaryl/α,β-unsaturated/α-hetero) is 1. The van der Waals surface area contributed by atoms with Crippen molar-refractivity contribution < 1.29 is 13.2 Å². The summed E-state index contributed by atoms with van der Waals surface area (Å²) in [7, 11) is -3.79. The molecule has 1 fully saturated rings. The number of rotatable bonds is 10. The Morgan fingerprint density at radius 1 is 1.10 bits per heavy atom. The van der Waals surface area contributed by atoms with Crippen LogP contribution in [0.15, 0.2) is 62.5 Å². The number of fused-ring (bicyclic) bond motifs is 1. The minimum Gasteiger partial charge on any atom is -0.384 e. The second kappa shape index (κ2) is 11.4. The SMILES string of the molecule is O=C(Cc1ccc(-n2c(=O)[nH]c3cc(NCCN4CCCC4)ccc3c2=O)nc1)CS(=O)(=O)c1ccc(Cl)s1. The number of ketones is 1. The summed E-state index contributed by atoms with van der Waals surface area (Å²) in [4.78, 5) is 47.7. The molecule has 0 bridgehead atoms. The van der Waals surface area contributed by atoms with Crippen molar-refractivity contribution in [1.29, 1.82) is 0 Å². The monoisotopic (exact) mass is 587 g/mol. The van der Waals surface area contributed by atoms with Gasteiger partial charge in [-0.25, -0.2) is 22.8 Å². The Balaban J connectivity index is 1.28. The average molecular weight is 588 g/mol. The highest BCUT2D eigenvalue weighted by molar-refractivity contribution is 7.94. The van der Waals surface area contributed by atoms with Crippen LogP contribution < -0.4 is 16.6 Å². The molecule has 1 aliphatic rings. The van der Waals surface area contributed by atoms with Gasteiger partial charge in [-0.15, -0.1) is 11.3 Å². The van der Waals surface area contributed by atoms with Gasteiger partial charge in [0, 0.05) is 31.4 Å². The van der Waals surface area contributed by atoms with Gasteiger partial charge in [0.2, 0.25) is 0 Å². The normalized spacial score (nSPS) is 14.2. The molecule has 1 saturated heterocycles. The van der Waals surface area contributed by atoms with E-state index < -0.39 is 32.6 Å². The highest BCUT2D eigenvalue weighted by atomic mass is 35.5. The number of benzene rings is 1. The van der Waals surface area contributed by atoms with Crippen LogP contribution in [0, 0.1) is 0 Å². The van der Waals surface area contributed by atoms with Crippen molar-refractivity contribution in [2.75, 3.05) is 37.2 Å². The molecule has 0 amide bonds. The Hall–Kier alpha value is -3.32. The summed E-state index contributed by atoms with van der Waals surface area (Å²) >= 11 is 6.70. The van der Waals surface area contributed by atoms with Crippen LogP contribution in [-0.4, -0.2) is 65.6 Å². The summed E-state index contributed by atoms with van der Waals surface area (Å²) in [5, 5.41) is 3.67. The zero-order chi connectivity index (χ0) is 27.6. The maximum atomic E-state index is 13.2. The second-order valence-electron chi connectivity index (χ2n) is 9.36. The van der Waals surface area contributed by atoms with Crippen molar-refractivity contribution >= 4 is 55.1 Å². The molecule has 4 heterocycles. The largest absolute Gasteiger partial charge is 0.384 e. The van der Waals surface area contributed by atoms with Crippen molar-refractivity contribution in [3.8, 4) is 5.82 Å². The van der Waals surface area contributed by atoms with E-state index in [-0.39, 0.29) is 16.4 Å². The lowest BCUT2D eigenvalue weighted by atomic mass is 10.1. The van der Waals surface area contributed by atoms with E-state index in [9.17, 15) is 22.8 Å². The number of hydrogen-bond donors (Lipinski definition) is 2. The highest BCUT2D eigenvalue weighted by Crippen LogP contribution is 2.26. The van der Waals surface area contributed by atoms with Crippen molar-refractivity contribution in [1.82, 2.24) is 19.4 Å². The molecule has 39 heavy (non-hydrogen) atoms. The minimum absolute atomic E-state index is 0.0363. The molecule has 4 aromatic rings. The minimum atomic E-state index is -3.79. The molecule has 204 valence electrons. The fourth-order valence-electron chi connectivity index (χ4n) is 4.58. The number of pyridine rings is 1. The molecule has 3 aromatic heterocycles. The number of carbonyl (C=O) groups is 1. The van der Waals surface area contributed by atoms with Gasteiger partial charge in [0.1, 0.15) is 15.8 Å². The number of anilines is 1. The molecule has 2 N–H and O–H groups in total. The molecule has 1 aromatic carbocycles. The van der Waals surface area contributed by atoms with E-state index in [1.165, 1.54) is 37.2 Å². The van der Waals surface area contributed by atoms with Gasteiger partial charge in [-0.2, -0.15) is 0 Å². The number of likely N-dealkylation sites (tertiary alicyclic amines) is 1. The van der Waals surface area contributed by atoms with Gasteiger partial charge in [-0.05, 0) is 67.9 Å².